The van der Waals surface area contributed by atoms with Crippen molar-refractivity contribution in [2.45, 2.75) is 11.9 Å². The number of carboxylic acids is 1. The zero-order chi connectivity index (χ0) is 15.8. The molecule has 1 aromatic carbocycles. The summed E-state index contributed by atoms with van der Waals surface area (Å²) in [5, 5.41) is 8.69. The summed E-state index contributed by atoms with van der Waals surface area (Å²) in [6, 6.07) is 3.31. The molecule has 1 heterocycles. The molecule has 2 aromatic rings. The number of hydrogen-bond donors (Lipinski definition) is 2. The second-order valence-electron chi connectivity index (χ2n) is 4.31. The summed E-state index contributed by atoms with van der Waals surface area (Å²) in [5.74, 6) is -2.13. The van der Waals surface area contributed by atoms with Crippen molar-refractivity contribution in [1.82, 2.24) is 9.55 Å². The molecular formula is C12H12FN3O4S. The summed E-state index contributed by atoms with van der Waals surface area (Å²) in [6.45, 7) is 1.61. The zero-order valence-electron chi connectivity index (χ0n) is 11.2. The summed E-state index contributed by atoms with van der Waals surface area (Å²) in [6.07, 6.45) is 1.28. The highest BCUT2D eigenvalue weighted by Gasteiger charge is 2.23. The number of benzene rings is 1. The molecule has 0 aliphatic heterocycles. The molecule has 2 N–H and O–H groups in total. The molecule has 0 unspecified atom stereocenters. The fourth-order valence-corrected chi connectivity index (χ4v) is 2.79. The molecule has 1 aromatic heterocycles. The normalized spacial score (nSPS) is 11.4. The Bertz CT molecular complexity index is 794. The van der Waals surface area contributed by atoms with Crippen molar-refractivity contribution < 1.29 is 22.7 Å². The van der Waals surface area contributed by atoms with Crippen LogP contribution in [0.4, 0.5) is 10.1 Å². The maximum absolute atomic E-state index is 13.5. The van der Waals surface area contributed by atoms with Crippen molar-refractivity contribution in [2.75, 3.05) is 4.72 Å². The molecule has 0 atom stereocenters. The van der Waals surface area contributed by atoms with Crippen LogP contribution in [0.2, 0.25) is 0 Å². The fourth-order valence-electron chi connectivity index (χ4n) is 1.68. The molecule has 0 aliphatic carbocycles. The molecule has 2 rings (SSSR count). The Labute approximate surface area is 120 Å². The van der Waals surface area contributed by atoms with Crippen LogP contribution in [0, 0.1) is 12.7 Å². The van der Waals surface area contributed by atoms with Gasteiger partial charge in [0.25, 0.3) is 10.0 Å². The van der Waals surface area contributed by atoms with Crippen molar-refractivity contribution in [1.29, 1.82) is 0 Å². The van der Waals surface area contributed by atoms with Gasteiger partial charge in [0.2, 0.25) is 0 Å². The van der Waals surface area contributed by atoms with E-state index in [4.69, 9.17) is 5.11 Å². The van der Waals surface area contributed by atoms with Crippen molar-refractivity contribution in [3.63, 3.8) is 0 Å². The van der Waals surface area contributed by atoms with Crippen molar-refractivity contribution in [2.24, 2.45) is 7.05 Å². The average molecular weight is 313 g/mol. The predicted octanol–water partition coefficient (Wildman–Crippen LogP) is 1.37. The lowest BCUT2D eigenvalue weighted by Crippen LogP contribution is -2.16. The molecule has 7 nitrogen and oxygen atoms in total. The quantitative estimate of drug-likeness (QED) is 0.887. The van der Waals surface area contributed by atoms with Crippen LogP contribution in [0.25, 0.3) is 0 Å². The van der Waals surface area contributed by atoms with Gasteiger partial charge in [-0.05, 0) is 19.1 Å². The Morgan fingerprint density at radius 2 is 2.10 bits per heavy atom. The van der Waals surface area contributed by atoms with Crippen molar-refractivity contribution in [3.05, 3.63) is 41.6 Å². The van der Waals surface area contributed by atoms with Crippen LogP contribution in [0.5, 0.6) is 0 Å². The lowest BCUT2D eigenvalue weighted by atomic mass is 10.2. The van der Waals surface area contributed by atoms with Gasteiger partial charge in [0.1, 0.15) is 17.2 Å². The van der Waals surface area contributed by atoms with Gasteiger partial charge in [-0.25, -0.2) is 14.2 Å². The number of carboxylic acid groups (broad SMARTS) is 1. The third kappa shape index (κ3) is 2.87. The van der Waals surface area contributed by atoms with E-state index in [1.165, 1.54) is 22.9 Å². The third-order valence-corrected chi connectivity index (χ3v) is 4.07. The van der Waals surface area contributed by atoms with Gasteiger partial charge in [-0.3, -0.25) is 4.72 Å². The van der Waals surface area contributed by atoms with E-state index < -0.39 is 27.4 Å². The van der Waals surface area contributed by atoms with Crippen LogP contribution in [0.15, 0.2) is 29.4 Å². The molecule has 0 fully saturated rings. The first-order chi connectivity index (χ1) is 9.72. The number of sulfonamides is 1. The maximum atomic E-state index is 13.5. The first kappa shape index (κ1) is 15.0. The molecule has 0 saturated carbocycles. The summed E-state index contributed by atoms with van der Waals surface area (Å²) < 4.78 is 41.4. The minimum Gasteiger partial charge on any atom is -0.478 e. The van der Waals surface area contributed by atoms with Crippen LogP contribution in [-0.4, -0.2) is 29.0 Å². The monoisotopic (exact) mass is 313 g/mol. The van der Waals surface area contributed by atoms with Gasteiger partial charge < -0.3 is 9.67 Å². The molecule has 0 saturated heterocycles. The number of imidazole rings is 1. The summed E-state index contributed by atoms with van der Waals surface area (Å²) in [4.78, 5) is 14.9. The lowest BCUT2D eigenvalue weighted by molar-refractivity contribution is 0.0693. The molecule has 112 valence electrons. The minimum atomic E-state index is -4.10. The Balaban J connectivity index is 2.47. The third-order valence-electron chi connectivity index (χ3n) is 2.83. The number of nitrogens with one attached hydrogen (secondary N) is 1. The number of carbonyl (C=O) groups is 1. The van der Waals surface area contributed by atoms with E-state index in [1.54, 1.807) is 14.0 Å². The Morgan fingerprint density at radius 3 is 2.62 bits per heavy atom. The van der Waals surface area contributed by atoms with E-state index in [1.807, 2.05) is 4.72 Å². The Morgan fingerprint density at radius 1 is 1.43 bits per heavy atom. The number of anilines is 1. The van der Waals surface area contributed by atoms with Crippen LogP contribution >= 0.6 is 0 Å². The number of aromatic nitrogens is 2. The zero-order valence-corrected chi connectivity index (χ0v) is 12.0. The summed E-state index contributed by atoms with van der Waals surface area (Å²) in [5.41, 5.74) is -1.10. The van der Waals surface area contributed by atoms with Gasteiger partial charge in [0.15, 0.2) is 5.03 Å². The SMILES string of the molecule is Cc1nc(S(=O)(=O)Nc2cccc(F)c2C(=O)O)cn1C. The first-order valence-corrected chi connectivity index (χ1v) is 7.25. The van der Waals surface area contributed by atoms with Crippen molar-refractivity contribution in [3.8, 4) is 0 Å². The van der Waals surface area contributed by atoms with Crippen LogP contribution in [0.1, 0.15) is 16.2 Å². The van der Waals surface area contributed by atoms with Gasteiger partial charge in [0.05, 0.1) is 5.69 Å². The van der Waals surface area contributed by atoms with Gasteiger partial charge in [-0.15, -0.1) is 0 Å². The molecule has 9 heteroatoms. The van der Waals surface area contributed by atoms with E-state index in [2.05, 4.69) is 4.98 Å². The number of hydrogen-bond acceptors (Lipinski definition) is 4. The molecule has 0 spiro atoms. The smallest absolute Gasteiger partial charge is 0.340 e. The highest BCUT2D eigenvalue weighted by molar-refractivity contribution is 7.92. The second kappa shape index (κ2) is 5.17. The average Bonchev–Trinajstić information content (AvgIpc) is 2.69. The number of aromatic carboxylic acids is 1. The van der Waals surface area contributed by atoms with Gasteiger partial charge >= 0.3 is 5.97 Å². The number of aryl methyl sites for hydroxylation is 2. The second-order valence-corrected chi connectivity index (χ2v) is 5.94. The van der Waals surface area contributed by atoms with E-state index in [0.717, 1.165) is 6.07 Å². The van der Waals surface area contributed by atoms with E-state index in [-0.39, 0.29) is 10.7 Å². The molecule has 0 aliphatic rings. The fraction of sp³-hybridized carbons (Fsp3) is 0.167. The van der Waals surface area contributed by atoms with E-state index in [0.29, 0.717) is 5.82 Å². The predicted molar refractivity (Wildman–Crippen MR) is 72.1 cm³/mol. The lowest BCUT2D eigenvalue weighted by Gasteiger charge is -2.09. The molecule has 0 radical (unpaired) electrons. The topological polar surface area (TPSA) is 101 Å². The van der Waals surface area contributed by atoms with E-state index in [9.17, 15) is 17.6 Å². The molecule has 0 bridgehead atoms. The van der Waals surface area contributed by atoms with Gasteiger partial charge in [-0.1, -0.05) is 6.07 Å². The summed E-state index contributed by atoms with van der Waals surface area (Å²) >= 11 is 0. The molecular weight excluding hydrogens is 301 g/mol. The van der Waals surface area contributed by atoms with Crippen LogP contribution in [0.3, 0.4) is 0 Å². The molecule has 0 amide bonds. The molecule has 21 heavy (non-hydrogen) atoms. The standard InChI is InChI=1S/C12H12FN3O4S/c1-7-14-10(6-16(7)2)21(19,20)15-9-5-3-4-8(13)11(9)12(17)18/h3-6,15H,1-2H3,(H,17,18). The number of nitrogens with zero attached hydrogens (tertiary/aromatic N) is 2. The van der Waals surface area contributed by atoms with E-state index >= 15 is 0 Å². The maximum Gasteiger partial charge on any atom is 0.340 e. The van der Waals surface area contributed by atoms with Gasteiger partial charge in [0, 0.05) is 13.2 Å². The first-order valence-electron chi connectivity index (χ1n) is 5.77. The summed E-state index contributed by atoms with van der Waals surface area (Å²) in [7, 11) is -2.48. The number of halogens is 1. The minimum absolute atomic E-state index is 0.275. The van der Waals surface area contributed by atoms with Crippen molar-refractivity contribution >= 4 is 21.7 Å². The highest BCUT2D eigenvalue weighted by Crippen LogP contribution is 2.22. The largest absolute Gasteiger partial charge is 0.478 e. The van der Waals surface area contributed by atoms with Gasteiger partial charge in [-0.2, -0.15) is 8.42 Å². The Hall–Kier alpha value is -2.42. The number of rotatable bonds is 4. The van der Waals surface area contributed by atoms with Crippen LogP contribution < -0.4 is 4.72 Å². The Kier molecular flexibility index (Phi) is 3.69. The highest BCUT2D eigenvalue weighted by atomic mass is 32.2. The van der Waals surface area contributed by atoms with Crippen LogP contribution in [-0.2, 0) is 17.1 Å².